The summed E-state index contributed by atoms with van der Waals surface area (Å²) in [7, 11) is 3.78. The summed E-state index contributed by atoms with van der Waals surface area (Å²) in [6.07, 6.45) is -0.910. The third-order valence-corrected chi connectivity index (χ3v) is 3.59. The Morgan fingerprint density at radius 2 is 1.33 bits per heavy atom. The van der Waals surface area contributed by atoms with Crippen LogP contribution in [0.1, 0.15) is 13.8 Å². The number of nitrogens with zero attached hydrogens (tertiary/aromatic N) is 4. The molecule has 24 heavy (non-hydrogen) atoms. The van der Waals surface area contributed by atoms with Gasteiger partial charge in [0.2, 0.25) is 0 Å². The molecule has 2 aromatic rings. The second-order valence-corrected chi connectivity index (χ2v) is 6.23. The largest absolute Gasteiger partial charge is 0.392 e. The van der Waals surface area contributed by atoms with Gasteiger partial charge in [0.25, 0.3) is 0 Å². The van der Waals surface area contributed by atoms with Gasteiger partial charge in [0.05, 0.1) is 12.2 Å². The standard InChI is InChI=1S/C18H26N4O2/c1-13(23)11-21(3)16-10-17(22(4)12-14(2)24)20-18(19-16)15-8-6-5-7-9-15/h5-10,13-14,23-24H,11-12H2,1-4H3/t13-,14-/m1/s1. The van der Waals surface area contributed by atoms with E-state index in [1.807, 2.05) is 60.3 Å². The zero-order valence-corrected chi connectivity index (χ0v) is 14.7. The minimum atomic E-state index is -0.455. The highest BCUT2D eigenvalue weighted by molar-refractivity contribution is 5.62. The van der Waals surface area contributed by atoms with Crippen LogP contribution in [-0.4, -0.2) is 59.6 Å². The molecule has 6 heteroatoms. The Morgan fingerprint density at radius 3 is 1.75 bits per heavy atom. The Balaban J connectivity index is 2.43. The molecule has 2 rings (SSSR count). The van der Waals surface area contributed by atoms with Crippen LogP contribution in [-0.2, 0) is 0 Å². The number of hydrogen-bond donors (Lipinski definition) is 2. The van der Waals surface area contributed by atoms with Gasteiger partial charge >= 0.3 is 0 Å². The molecule has 0 radical (unpaired) electrons. The first-order valence-electron chi connectivity index (χ1n) is 8.09. The highest BCUT2D eigenvalue weighted by atomic mass is 16.3. The van der Waals surface area contributed by atoms with Crippen LogP contribution >= 0.6 is 0 Å². The molecule has 0 spiro atoms. The molecule has 6 nitrogen and oxygen atoms in total. The lowest BCUT2D eigenvalue weighted by Gasteiger charge is -2.24. The van der Waals surface area contributed by atoms with E-state index in [1.165, 1.54) is 0 Å². The smallest absolute Gasteiger partial charge is 0.163 e. The van der Waals surface area contributed by atoms with Gasteiger partial charge in [-0.1, -0.05) is 30.3 Å². The Labute approximate surface area is 143 Å². The molecule has 0 aliphatic rings. The van der Waals surface area contributed by atoms with Gasteiger partial charge < -0.3 is 20.0 Å². The quantitative estimate of drug-likeness (QED) is 0.806. The van der Waals surface area contributed by atoms with E-state index in [4.69, 9.17) is 0 Å². The van der Waals surface area contributed by atoms with Gasteiger partial charge in [0.15, 0.2) is 5.82 Å². The average molecular weight is 330 g/mol. The van der Waals surface area contributed by atoms with Crippen LogP contribution in [0.5, 0.6) is 0 Å². The molecule has 2 atom stereocenters. The summed E-state index contributed by atoms with van der Waals surface area (Å²) in [5.74, 6) is 2.09. The molecular formula is C18H26N4O2. The Hall–Kier alpha value is -2.18. The van der Waals surface area contributed by atoms with Crippen LogP contribution in [0.2, 0.25) is 0 Å². The maximum Gasteiger partial charge on any atom is 0.163 e. The molecule has 130 valence electrons. The molecule has 0 saturated carbocycles. The molecule has 0 fully saturated rings. The molecule has 1 heterocycles. The van der Waals surface area contributed by atoms with Crippen molar-refractivity contribution in [2.24, 2.45) is 0 Å². The fraction of sp³-hybridized carbons (Fsp3) is 0.444. The Kier molecular flexibility index (Phi) is 6.11. The summed E-state index contributed by atoms with van der Waals surface area (Å²) in [5.41, 5.74) is 0.927. The van der Waals surface area contributed by atoms with Gasteiger partial charge in [0.1, 0.15) is 11.6 Å². The third kappa shape index (κ3) is 4.91. The summed E-state index contributed by atoms with van der Waals surface area (Å²) < 4.78 is 0. The number of anilines is 2. The molecule has 1 aromatic carbocycles. The van der Waals surface area contributed by atoms with Crippen molar-refractivity contribution in [1.82, 2.24) is 9.97 Å². The number of rotatable bonds is 7. The number of hydrogen-bond acceptors (Lipinski definition) is 6. The van der Waals surface area contributed by atoms with E-state index in [2.05, 4.69) is 9.97 Å². The van der Waals surface area contributed by atoms with E-state index < -0.39 is 12.2 Å². The number of likely N-dealkylation sites (N-methyl/N-ethyl adjacent to an activating group) is 2. The monoisotopic (exact) mass is 330 g/mol. The van der Waals surface area contributed by atoms with Crippen LogP contribution in [0.3, 0.4) is 0 Å². The predicted octanol–water partition coefficient (Wildman–Crippen LogP) is 1.78. The molecule has 0 aliphatic heterocycles. The van der Waals surface area contributed by atoms with E-state index in [0.29, 0.717) is 18.9 Å². The van der Waals surface area contributed by atoms with Crippen molar-refractivity contribution in [3.63, 3.8) is 0 Å². The second kappa shape index (κ2) is 8.08. The first kappa shape index (κ1) is 18.2. The fourth-order valence-electron chi connectivity index (χ4n) is 2.51. The maximum absolute atomic E-state index is 9.64. The normalized spacial score (nSPS) is 13.4. The highest BCUT2D eigenvalue weighted by Gasteiger charge is 2.14. The highest BCUT2D eigenvalue weighted by Crippen LogP contribution is 2.23. The summed E-state index contributed by atoms with van der Waals surface area (Å²) in [4.78, 5) is 13.1. The average Bonchev–Trinajstić information content (AvgIpc) is 2.54. The number of aliphatic hydroxyl groups excluding tert-OH is 2. The molecule has 0 aliphatic carbocycles. The van der Waals surface area contributed by atoms with E-state index >= 15 is 0 Å². The zero-order valence-electron chi connectivity index (χ0n) is 14.7. The van der Waals surface area contributed by atoms with E-state index in [1.54, 1.807) is 13.8 Å². The molecule has 2 N–H and O–H groups in total. The lowest BCUT2D eigenvalue weighted by Crippen LogP contribution is -2.30. The van der Waals surface area contributed by atoms with Crippen molar-refractivity contribution in [3.05, 3.63) is 36.4 Å². The molecule has 1 aromatic heterocycles. The molecule has 0 unspecified atom stereocenters. The third-order valence-electron chi connectivity index (χ3n) is 3.59. The number of aromatic nitrogens is 2. The van der Waals surface area contributed by atoms with Crippen molar-refractivity contribution < 1.29 is 10.2 Å². The second-order valence-electron chi connectivity index (χ2n) is 6.23. The fourth-order valence-corrected chi connectivity index (χ4v) is 2.51. The van der Waals surface area contributed by atoms with Crippen molar-refractivity contribution in [2.45, 2.75) is 26.1 Å². The number of aliphatic hydroxyl groups is 2. The lowest BCUT2D eigenvalue weighted by molar-refractivity contribution is 0.201. The Morgan fingerprint density at radius 1 is 0.875 bits per heavy atom. The van der Waals surface area contributed by atoms with Crippen LogP contribution < -0.4 is 9.80 Å². The first-order valence-corrected chi connectivity index (χ1v) is 8.09. The van der Waals surface area contributed by atoms with Crippen molar-refractivity contribution >= 4 is 11.6 Å². The summed E-state index contributed by atoms with van der Waals surface area (Å²) in [6.45, 7) is 4.45. The molecule has 0 bridgehead atoms. The summed E-state index contributed by atoms with van der Waals surface area (Å²) >= 11 is 0. The SMILES string of the molecule is C[C@@H](O)CN(C)c1cc(N(C)C[C@@H](C)O)nc(-c2ccccc2)n1. The van der Waals surface area contributed by atoms with E-state index in [9.17, 15) is 10.2 Å². The zero-order chi connectivity index (χ0) is 17.7. The van der Waals surface area contributed by atoms with Crippen LogP contribution in [0.15, 0.2) is 36.4 Å². The minimum absolute atomic E-state index is 0.455. The van der Waals surface area contributed by atoms with Crippen molar-refractivity contribution in [2.75, 3.05) is 37.0 Å². The maximum atomic E-state index is 9.64. The number of benzene rings is 1. The minimum Gasteiger partial charge on any atom is -0.392 e. The van der Waals surface area contributed by atoms with E-state index in [0.717, 1.165) is 17.2 Å². The first-order chi connectivity index (χ1) is 11.4. The van der Waals surface area contributed by atoms with Crippen LogP contribution in [0.25, 0.3) is 11.4 Å². The predicted molar refractivity (Wildman–Crippen MR) is 97.4 cm³/mol. The van der Waals surface area contributed by atoms with Crippen LogP contribution in [0, 0.1) is 0 Å². The van der Waals surface area contributed by atoms with Gasteiger partial charge in [0, 0.05) is 38.8 Å². The molecule has 0 amide bonds. The molecule has 0 saturated heterocycles. The van der Waals surface area contributed by atoms with Gasteiger partial charge in [-0.25, -0.2) is 9.97 Å². The topological polar surface area (TPSA) is 72.7 Å². The summed E-state index contributed by atoms with van der Waals surface area (Å²) in [5, 5.41) is 19.3. The van der Waals surface area contributed by atoms with Crippen LogP contribution in [0.4, 0.5) is 11.6 Å². The van der Waals surface area contributed by atoms with Gasteiger partial charge in [-0.05, 0) is 13.8 Å². The van der Waals surface area contributed by atoms with Gasteiger partial charge in [-0.2, -0.15) is 0 Å². The summed E-state index contributed by atoms with van der Waals surface area (Å²) in [6, 6.07) is 11.6. The van der Waals surface area contributed by atoms with Gasteiger partial charge in [-0.15, -0.1) is 0 Å². The lowest BCUT2D eigenvalue weighted by atomic mass is 10.2. The Bertz CT molecular complexity index is 612. The van der Waals surface area contributed by atoms with Crippen molar-refractivity contribution in [1.29, 1.82) is 0 Å². The van der Waals surface area contributed by atoms with Gasteiger partial charge in [-0.3, -0.25) is 0 Å². The van der Waals surface area contributed by atoms with Crippen molar-refractivity contribution in [3.8, 4) is 11.4 Å². The van der Waals surface area contributed by atoms with E-state index in [-0.39, 0.29) is 0 Å². The molecular weight excluding hydrogens is 304 g/mol.